The predicted molar refractivity (Wildman–Crippen MR) is 54.0 cm³/mol. The van der Waals surface area contributed by atoms with Crippen molar-refractivity contribution in [3.8, 4) is 5.75 Å². The summed E-state index contributed by atoms with van der Waals surface area (Å²) in [5.41, 5.74) is 1.76. The van der Waals surface area contributed by atoms with Crippen LogP contribution in [0.25, 0.3) is 0 Å². The average Bonchev–Trinajstić information content (AvgIpc) is 2.71. The molecule has 1 aromatic carbocycles. The third-order valence-corrected chi connectivity index (χ3v) is 2.74. The number of aliphatic hydroxyl groups excluding tert-OH is 1. The molecule has 1 aliphatic heterocycles. The molecule has 3 heteroatoms. The van der Waals surface area contributed by atoms with E-state index in [9.17, 15) is 5.11 Å². The van der Waals surface area contributed by atoms with Gasteiger partial charge < -0.3 is 15.5 Å². The number of hydrogen-bond acceptors (Lipinski definition) is 3. The summed E-state index contributed by atoms with van der Waals surface area (Å²) in [5, 5.41) is 21.8. The van der Waals surface area contributed by atoms with Gasteiger partial charge in [-0.25, -0.2) is 0 Å². The standard InChI is InChI=1S/C11H15NO2/c13-7-9-6-8(3-4-11(9)14)10-2-1-5-12-10/h3-4,6,10,12-14H,1-2,5,7H2/t10-/m0/s1. The molecule has 0 saturated carbocycles. The molecule has 3 nitrogen and oxygen atoms in total. The Morgan fingerprint density at radius 2 is 2.29 bits per heavy atom. The summed E-state index contributed by atoms with van der Waals surface area (Å²) in [6.07, 6.45) is 2.33. The van der Waals surface area contributed by atoms with Crippen LogP contribution in [0.2, 0.25) is 0 Å². The van der Waals surface area contributed by atoms with Crippen molar-refractivity contribution in [2.45, 2.75) is 25.5 Å². The molecule has 1 aromatic rings. The molecule has 1 heterocycles. The monoisotopic (exact) mass is 193 g/mol. The molecule has 1 atom stereocenters. The lowest BCUT2D eigenvalue weighted by atomic mass is 10.0. The largest absolute Gasteiger partial charge is 0.508 e. The summed E-state index contributed by atoms with van der Waals surface area (Å²) in [7, 11) is 0. The van der Waals surface area contributed by atoms with E-state index in [1.165, 1.54) is 6.42 Å². The van der Waals surface area contributed by atoms with Crippen molar-refractivity contribution in [2.75, 3.05) is 6.54 Å². The number of aliphatic hydroxyl groups is 1. The highest BCUT2D eigenvalue weighted by Gasteiger charge is 2.16. The Morgan fingerprint density at radius 3 is 2.93 bits per heavy atom. The Kier molecular flexibility index (Phi) is 2.70. The molecule has 1 fully saturated rings. The van der Waals surface area contributed by atoms with E-state index in [2.05, 4.69) is 5.32 Å². The van der Waals surface area contributed by atoms with Crippen LogP contribution in [0, 0.1) is 0 Å². The van der Waals surface area contributed by atoms with Gasteiger partial charge in [0.15, 0.2) is 0 Å². The normalized spacial score (nSPS) is 21.4. The Balaban J connectivity index is 2.25. The van der Waals surface area contributed by atoms with E-state index in [0.29, 0.717) is 11.6 Å². The van der Waals surface area contributed by atoms with E-state index >= 15 is 0 Å². The predicted octanol–water partition coefficient (Wildman–Crippen LogP) is 1.31. The third-order valence-electron chi connectivity index (χ3n) is 2.74. The third kappa shape index (κ3) is 1.74. The van der Waals surface area contributed by atoms with E-state index in [1.54, 1.807) is 6.07 Å². The van der Waals surface area contributed by atoms with Gasteiger partial charge in [0.1, 0.15) is 5.75 Å². The van der Waals surface area contributed by atoms with Crippen LogP contribution in [-0.2, 0) is 6.61 Å². The maximum Gasteiger partial charge on any atom is 0.121 e. The van der Waals surface area contributed by atoms with Crippen LogP contribution >= 0.6 is 0 Å². The van der Waals surface area contributed by atoms with Gasteiger partial charge in [-0.2, -0.15) is 0 Å². The van der Waals surface area contributed by atoms with Gasteiger partial charge >= 0.3 is 0 Å². The zero-order chi connectivity index (χ0) is 9.97. The van der Waals surface area contributed by atoms with Crippen LogP contribution in [0.3, 0.4) is 0 Å². The minimum Gasteiger partial charge on any atom is -0.508 e. The fraction of sp³-hybridized carbons (Fsp3) is 0.455. The molecule has 0 spiro atoms. The summed E-state index contributed by atoms with van der Waals surface area (Å²) in [6.45, 7) is 0.951. The van der Waals surface area contributed by atoms with Gasteiger partial charge in [-0.3, -0.25) is 0 Å². The first-order valence-electron chi connectivity index (χ1n) is 4.97. The first kappa shape index (κ1) is 9.49. The highest BCUT2D eigenvalue weighted by atomic mass is 16.3. The van der Waals surface area contributed by atoms with E-state index in [-0.39, 0.29) is 12.4 Å². The number of aromatic hydroxyl groups is 1. The molecule has 3 N–H and O–H groups in total. The minimum absolute atomic E-state index is 0.105. The Hall–Kier alpha value is -1.06. The number of hydrogen-bond donors (Lipinski definition) is 3. The molecule has 0 bridgehead atoms. The highest BCUT2D eigenvalue weighted by molar-refractivity contribution is 5.37. The van der Waals surface area contributed by atoms with Crippen molar-refractivity contribution in [1.29, 1.82) is 0 Å². The molecule has 0 amide bonds. The molecular formula is C11H15NO2. The smallest absolute Gasteiger partial charge is 0.121 e. The van der Waals surface area contributed by atoms with Gasteiger partial charge in [-0.1, -0.05) is 6.07 Å². The Bertz CT molecular complexity index is 319. The lowest BCUT2D eigenvalue weighted by Gasteiger charge is -2.12. The Labute approximate surface area is 83.4 Å². The molecule has 0 aliphatic carbocycles. The average molecular weight is 193 g/mol. The topological polar surface area (TPSA) is 52.5 Å². The van der Waals surface area contributed by atoms with Crippen LogP contribution in [0.1, 0.15) is 30.0 Å². The molecule has 0 radical (unpaired) electrons. The highest BCUT2D eigenvalue weighted by Crippen LogP contribution is 2.27. The quantitative estimate of drug-likeness (QED) is 0.663. The molecule has 0 unspecified atom stereocenters. The van der Waals surface area contributed by atoms with Gasteiger partial charge in [0.05, 0.1) is 6.61 Å². The maximum atomic E-state index is 9.40. The van der Waals surface area contributed by atoms with Gasteiger partial charge in [0, 0.05) is 11.6 Å². The van der Waals surface area contributed by atoms with Crippen molar-refractivity contribution in [1.82, 2.24) is 5.32 Å². The Morgan fingerprint density at radius 1 is 1.43 bits per heavy atom. The summed E-state index contributed by atoms with van der Waals surface area (Å²) in [5.74, 6) is 0.175. The molecule has 1 aliphatic rings. The van der Waals surface area contributed by atoms with E-state index in [4.69, 9.17) is 5.11 Å². The second-order valence-corrected chi connectivity index (χ2v) is 3.70. The molecule has 0 aromatic heterocycles. The zero-order valence-electron chi connectivity index (χ0n) is 8.03. The summed E-state index contributed by atoms with van der Waals surface area (Å²) in [6, 6.07) is 5.83. The molecule has 14 heavy (non-hydrogen) atoms. The van der Waals surface area contributed by atoms with Crippen LogP contribution < -0.4 is 5.32 Å². The fourth-order valence-corrected chi connectivity index (χ4v) is 1.92. The fourth-order valence-electron chi connectivity index (χ4n) is 1.92. The number of nitrogens with one attached hydrogen (secondary N) is 1. The lowest BCUT2D eigenvalue weighted by molar-refractivity contribution is 0.275. The van der Waals surface area contributed by atoms with Crippen LogP contribution in [0.4, 0.5) is 0 Å². The van der Waals surface area contributed by atoms with Crippen LogP contribution in [-0.4, -0.2) is 16.8 Å². The SMILES string of the molecule is OCc1cc([C@@H]2CCCN2)ccc1O. The summed E-state index contributed by atoms with van der Waals surface area (Å²) < 4.78 is 0. The maximum absolute atomic E-state index is 9.40. The van der Waals surface area contributed by atoms with Crippen LogP contribution in [0.15, 0.2) is 18.2 Å². The number of rotatable bonds is 2. The van der Waals surface area contributed by atoms with Crippen molar-refractivity contribution >= 4 is 0 Å². The second kappa shape index (κ2) is 3.98. The number of phenols is 1. The second-order valence-electron chi connectivity index (χ2n) is 3.70. The lowest BCUT2D eigenvalue weighted by Crippen LogP contribution is -2.12. The summed E-state index contributed by atoms with van der Waals surface area (Å²) in [4.78, 5) is 0. The van der Waals surface area contributed by atoms with E-state index in [1.807, 2.05) is 12.1 Å². The molecule has 1 saturated heterocycles. The van der Waals surface area contributed by atoms with Gasteiger partial charge in [-0.05, 0) is 37.1 Å². The first-order chi connectivity index (χ1) is 6.81. The molecular weight excluding hydrogens is 178 g/mol. The zero-order valence-corrected chi connectivity index (χ0v) is 8.03. The van der Waals surface area contributed by atoms with Crippen molar-refractivity contribution in [3.63, 3.8) is 0 Å². The summed E-state index contributed by atoms with van der Waals surface area (Å²) >= 11 is 0. The van der Waals surface area contributed by atoms with Gasteiger partial charge in [-0.15, -0.1) is 0 Å². The van der Waals surface area contributed by atoms with Gasteiger partial charge in [0.2, 0.25) is 0 Å². The van der Waals surface area contributed by atoms with Crippen molar-refractivity contribution in [2.24, 2.45) is 0 Å². The number of benzene rings is 1. The van der Waals surface area contributed by atoms with Crippen molar-refractivity contribution < 1.29 is 10.2 Å². The van der Waals surface area contributed by atoms with E-state index < -0.39 is 0 Å². The molecule has 2 rings (SSSR count). The minimum atomic E-state index is -0.105. The van der Waals surface area contributed by atoms with Gasteiger partial charge in [0.25, 0.3) is 0 Å². The molecule has 76 valence electrons. The van der Waals surface area contributed by atoms with E-state index in [0.717, 1.165) is 18.5 Å². The first-order valence-corrected chi connectivity index (χ1v) is 4.97. The van der Waals surface area contributed by atoms with Crippen LogP contribution in [0.5, 0.6) is 5.75 Å². The van der Waals surface area contributed by atoms with Crippen molar-refractivity contribution in [3.05, 3.63) is 29.3 Å².